The molecule has 1 N–H and O–H groups in total. The smallest absolute Gasteiger partial charge is 0.416 e. The van der Waals surface area contributed by atoms with Gasteiger partial charge in [0.15, 0.2) is 0 Å². The Balaban J connectivity index is 1.48. The second-order valence-corrected chi connectivity index (χ2v) is 5.91. The average Bonchev–Trinajstić information content (AvgIpc) is 2.59. The Morgan fingerprint density at radius 1 is 1.26 bits per heavy atom. The summed E-state index contributed by atoms with van der Waals surface area (Å²) in [6.07, 6.45) is -3.80. The van der Waals surface area contributed by atoms with E-state index < -0.39 is 17.8 Å². The van der Waals surface area contributed by atoms with Crippen molar-refractivity contribution in [3.63, 3.8) is 0 Å². The molecule has 0 bridgehead atoms. The van der Waals surface area contributed by atoms with Crippen LogP contribution in [-0.2, 0) is 6.18 Å². The molecule has 1 saturated heterocycles. The average molecular weight is 381 g/mol. The summed E-state index contributed by atoms with van der Waals surface area (Å²) in [5.74, 6) is 0.600. The molecule has 1 aromatic heterocycles. The number of rotatable bonds is 5. The van der Waals surface area contributed by atoms with Crippen molar-refractivity contribution in [2.75, 3.05) is 25.0 Å². The predicted octanol–water partition coefficient (Wildman–Crippen LogP) is 3.79. The first kappa shape index (κ1) is 18.8. The molecule has 144 valence electrons. The van der Waals surface area contributed by atoms with Gasteiger partial charge in [0.05, 0.1) is 25.3 Å². The second-order valence-electron chi connectivity index (χ2n) is 5.91. The number of nitrogens with one attached hydrogen (secondary N) is 1. The maximum atomic E-state index is 12.7. The predicted molar refractivity (Wildman–Crippen MR) is 91.9 cm³/mol. The van der Waals surface area contributed by atoms with Crippen LogP contribution in [0.4, 0.5) is 23.7 Å². The molecule has 2 aromatic rings. The Kier molecular flexibility index (Phi) is 5.38. The van der Waals surface area contributed by atoms with E-state index in [2.05, 4.69) is 10.3 Å². The number of ether oxygens (including phenoxy) is 2. The SMILES string of the molecule is CCOc1ccc(NC(=O)N2CC(Oc3cc(C(F)(F)F)ccn3)C2)cc1. The third-order valence-electron chi connectivity index (χ3n) is 3.90. The summed E-state index contributed by atoms with van der Waals surface area (Å²) in [6, 6.07) is 8.37. The first-order chi connectivity index (χ1) is 12.8. The fourth-order valence-corrected chi connectivity index (χ4v) is 2.50. The fraction of sp³-hybridized carbons (Fsp3) is 0.333. The lowest BCUT2D eigenvalue weighted by molar-refractivity contribution is -0.137. The molecule has 0 spiro atoms. The molecule has 1 aromatic carbocycles. The number of hydrogen-bond acceptors (Lipinski definition) is 4. The number of carbonyl (C=O) groups excluding carboxylic acids is 1. The molecule has 1 aliphatic heterocycles. The van der Waals surface area contributed by atoms with Crippen LogP contribution in [0, 0.1) is 0 Å². The molecule has 6 nitrogen and oxygen atoms in total. The van der Waals surface area contributed by atoms with E-state index in [4.69, 9.17) is 9.47 Å². The van der Waals surface area contributed by atoms with Crippen molar-refractivity contribution < 1.29 is 27.4 Å². The molecular weight excluding hydrogens is 363 g/mol. The Morgan fingerprint density at radius 3 is 2.59 bits per heavy atom. The summed E-state index contributed by atoms with van der Waals surface area (Å²) in [4.78, 5) is 17.4. The highest BCUT2D eigenvalue weighted by atomic mass is 19.4. The molecule has 0 aliphatic carbocycles. The number of anilines is 1. The van der Waals surface area contributed by atoms with Gasteiger partial charge in [0, 0.05) is 18.0 Å². The van der Waals surface area contributed by atoms with Crippen LogP contribution in [0.25, 0.3) is 0 Å². The Morgan fingerprint density at radius 2 is 1.96 bits per heavy atom. The molecular formula is C18H18F3N3O3. The molecule has 2 amide bonds. The minimum absolute atomic E-state index is 0.110. The van der Waals surface area contributed by atoms with Gasteiger partial charge in [0.25, 0.3) is 0 Å². The molecule has 0 atom stereocenters. The number of halogens is 3. The summed E-state index contributed by atoms with van der Waals surface area (Å²) >= 11 is 0. The quantitative estimate of drug-likeness (QED) is 0.856. The van der Waals surface area contributed by atoms with Crippen LogP contribution in [0.1, 0.15) is 12.5 Å². The minimum Gasteiger partial charge on any atom is -0.494 e. The zero-order chi connectivity index (χ0) is 19.4. The monoisotopic (exact) mass is 381 g/mol. The lowest BCUT2D eigenvalue weighted by Crippen LogP contribution is -2.57. The first-order valence-corrected chi connectivity index (χ1v) is 8.34. The number of hydrogen-bond donors (Lipinski definition) is 1. The molecule has 1 aliphatic rings. The van der Waals surface area contributed by atoms with Crippen LogP contribution in [-0.4, -0.2) is 41.7 Å². The summed E-state index contributed by atoms with van der Waals surface area (Å²) in [7, 11) is 0. The topological polar surface area (TPSA) is 63.7 Å². The highest BCUT2D eigenvalue weighted by Crippen LogP contribution is 2.31. The molecule has 3 rings (SSSR count). The molecule has 1 fully saturated rings. The number of nitrogens with zero attached hydrogens (tertiary/aromatic N) is 2. The molecule has 27 heavy (non-hydrogen) atoms. The van der Waals surface area contributed by atoms with Crippen LogP contribution in [0.5, 0.6) is 11.6 Å². The number of likely N-dealkylation sites (tertiary alicyclic amines) is 1. The number of benzene rings is 1. The summed E-state index contributed by atoms with van der Waals surface area (Å²) in [5, 5.41) is 2.74. The third kappa shape index (κ3) is 4.81. The van der Waals surface area contributed by atoms with Gasteiger partial charge in [-0.1, -0.05) is 0 Å². The molecule has 9 heteroatoms. The van der Waals surface area contributed by atoms with Crippen LogP contribution in [0.3, 0.4) is 0 Å². The van der Waals surface area contributed by atoms with Crippen molar-refractivity contribution in [2.45, 2.75) is 19.2 Å². The van der Waals surface area contributed by atoms with Crippen LogP contribution in [0.2, 0.25) is 0 Å². The number of pyridine rings is 1. The van der Waals surface area contributed by atoms with E-state index in [9.17, 15) is 18.0 Å². The Bertz CT molecular complexity index is 790. The molecule has 2 heterocycles. The van der Waals surface area contributed by atoms with E-state index in [0.29, 0.717) is 18.0 Å². The molecule has 0 radical (unpaired) electrons. The van der Waals surface area contributed by atoms with Crippen molar-refractivity contribution in [2.24, 2.45) is 0 Å². The standard InChI is InChI=1S/C18H18F3N3O3/c1-2-26-14-5-3-13(4-6-14)23-17(25)24-10-15(11-24)27-16-9-12(7-8-22-16)18(19,20)21/h3-9,15H,2,10-11H2,1H3,(H,23,25). The maximum Gasteiger partial charge on any atom is 0.416 e. The van der Waals surface area contributed by atoms with Gasteiger partial charge in [-0.15, -0.1) is 0 Å². The maximum absolute atomic E-state index is 12.7. The highest BCUT2D eigenvalue weighted by molar-refractivity contribution is 5.90. The van der Waals surface area contributed by atoms with Gasteiger partial charge in [-0.3, -0.25) is 0 Å². The number of carbonyl (C=O) groups is 1. The van der Waals surface area contributed by atoms with Gasteiger partial charge in [0.2, 0.25) is 5.88 Å². The lowest BCUT2D eigenvalue weighted by Gasteiger charge is -2.38. The van der Waals surface area contributed by atoms with E-state index in [1.165, 1.54) is 4.90 Å². The summed E-state index contributed by atoms with van der Waals surface area (Å²) in [5.41, 5.74) is -0.204. The third-order valence-corrected chi connectivity index (χ3v) is 3.90. The molecule has 0 unspecified atom stereocenters. The summed E-state index contributed by atoms with van der Waals surface area (Å²) < 4.78 is 48.8. The van der Waals surface area contributed by atoms with Gasteiger partial charge < -0.3 is 19.7 Å². The minimum atomic E-state index is -4.45. The van der Waals surface area contributed by atoms with Gasteiger partial charge in [-0.25, -0.2) is 9.78 Å². The van der Waals surface area contributed by atoms with Gasteiger partial charge in [-0.2, -0.15) is 13.2 Å². The molecule has 0 saturated carbocycles. The van der Waals surface area contributed by atoms with Crippen molar-refractivity contribution in [1.82, 2.24) is 9.88 Å². The van der Waals surface area contributed by atoms with Crippen molar-refractivity contribution in [3.05, 3.63) is 48.2 Å². The van der Waals surface area contributed by atoms with Gasteiger partial charge >= 0.3 is 12.2 Å². The van der Waals surface area contributed by atoms with E-state index in [0.717, 1.165) is 18.3 Å². The summed E-state index contributed by atoms with van der Waals surface area (Å²) in [6.45, 7) is 2.97. The number of amides is 2. The van der Waals surface area contributed by atoms with E-state index in [-0.39, 0.29) is 25.0 Å². The Labute approximate surface area is 153 Å². The zero-order valence-corrected chi connectivity index (χ0v) is 14.5. The second kappa shape index (κ2) is 7.73. The van der Waals surface area contributed by atoms with Gasteiger partial charge in [0.1, 0.15) is 11.9 Å². The zero-order valence-electron chi connectivity index (χ0n) is 14.5. The Hall–Kier alpha value is -2.97. The number of alkyl halides is 3. The van der Waals surface area contributed by atoms with Crippen LogP contribution >= 0.6 is 0 Å². The first-order valence-electron chi connectivity index (χ1n) is 8.34. The van der Waals surface area contributed by atoms with E-state index in [1.54, 1.807) is 24.3 Å². The van der Waals surface area contributed by atoms with Crippen molar-refractivity contribution >= 4 is 11.7 Å². The normalized spacial score (nSPS) is 14.4. The number of urea groups is 1. The number of aromatic nitrogens is 1. The van der Waals surface area contributed by atoms with E-state index >= 15 is 0 Å². The van der Waals surface area contributed by atoms with Gasteiger partial charge in [-0.05, 0) is 37.3 Å². The lowest BCUT2D eigenvalue weighted by atomic mass is 10.2. The van der Waals surface area contributed by atoms with E-state index in [1.807, 2.05) is 6.92 Å². The largest absolute Gasteiger partial charge is 0.494 e. The highest BCUT2D eigenvalue weighted by Gasteiger charge is 2.34. The van der Waals surface area contributed by atoms with Crippen molar-refractivity contribution in [1.29, 1.82) is 0 Å². The van der Waals surface area contributed by atoms with Crippen molar-refractivity contribution in [3.8, 4) is 11.6 Å². The van der Waals surface area contributed by atoms with Crippen LogP contribution in [0.15, 0.2) is 42.6 Å². The van der Waals surface area contributed by atoms with Crippen LogP contribution < -0.4 is 14.8 Å². The fourth-order valence-electron chi connectivity index (χ4n) is 2.50.